The highest BCUT2D eigenvalue weighted by Gasteiger charge is 2.44. The molecule has 2 aromatic heterocycles. The van der Waals surface area contributed by atoms with E-state index in [1.165, 1.54) is 28.4 Å². The topological polar surface area (TPSA) is 63.4 Å². The first kappa shape index (κ1) is 18.9. The number of aryl methyl sites for hydroxylation is 1. The Morgan fingerprint density at radius 3 is 2.66 bits per heavy atom. The van der Waals surface area contributed by atoms with E-state index in [2.05, 4.69) is 4.98 Å². The van der Waals surface area contributed by atoms with Crippen molar-refractivity contribution in [1.29, 1.82) is 0 Å². The van der Waals surface area contributed by atoms with E-state index in [0.29, 0.717) is 31.9 Å². The second kappa shape index (κ2) is 6.83. The first-order chi connectivity index (χ1) is 15.5. The van der Waals surface area contributed by atoms with Gasteiger partial charge in [0.05, 0.1) is 27.2 Å². The van der Waals surface area contributed by atoms with Crippen LogP contribution >= 0.6 is 11.3 Å². The number of halogens is 1. The monoisotopic (exact) mass is 442 g/mol. The smallest absolute Gasteiger partial charge is 0.297 e. The van der Waals surface area contributed by atoms with Crippen LogP contribution in [0.3, 0.4) is 0 Å². The molecule has 1 unspecified atom stereocenters. The minimum absolute atomic E-state index is 0.0191. The quantitative estimate of drug-likeness (QED) is 0.357. The van der Waals surface area contributed by atoms with Crippen molar-refractivity contribution in [1.82, 2.24) is 4.98 Å². The Bertz CT molecular complexity index is 1610. The number of thiazole rings is 1. The Labute approximate surface area is 185 Å². The molecule has 1 atom stereocenters. The molecule has 3 heterocycles. The van der Waals surface area contributed by atoms with Crippen molar-refractivity contribution in [2.24, 2.45) is 0 Å². The Hall–Kier alpha value is -3.84. The molecular weight excluding hydrogens is 427 g/mol. The highest BCUT2D eigenvalue weighted by molar-refractivity contribution is 7.22. The summed E-state index contributed by atoms with van der Waals surface area (Å²) in [4.78, 5) is 33.2. The fraction of sp³-hybridized carbons (Fsp3) is 0.0800. The zero-order valence-electron chi connectivity index (χ0n) is 16.8. The van der Waals surface area contributed by atoms with E-state index in [4.69, 9.17) is 4.42 Å². The summed E-state index contributed by atoms with van der Waals surface area (Å²) in [6, 6.07) is 18.3. The fourth-order valence-electron chi connectivity index (χ4n) is 4.22. The van der Waals surface area contributed by atoms with E-state index in [1.807, 2.05) is 43.3 Å². The molecule has 1 amide bonds. The fourth-order valence-corrected chi connectivity index (χ4v) is 5.24. The van der Waals surface area contributed by atoms with Crippen molar-refractivity contribution in [2.75, 3.05) is 4.90 Å². The van der Waals surface area contributed by atoms with Gasteiger partial charge in [-0.3, -0.25) is 14.5 Å². The van der Waals surface area contributed by atoms with Gasteiger partial charge in [0.25, 0.3) is 5.91 Å². The molecule has 6 rings (SSSR count). The van der Waals surface area contributed by atoms with Gasteiger partial charge < -0.3 is 4.42 Å². The van der Waals surface area contributed by atoms with E-state index < -0.39 is 11.9 Å². The summed E-state index contributed by atoms with van der Waals surface area (Å²) >= 11 is 1.20. The number of amides is 1. The van der Waals surface area contributed by atoms with Crippen LogP contribution in [-0.2, 0) is 0 Å². The van der Waals surface area contributed by atoms with Gasteiger partial charge >= 0.3 is 0 Å². The van der Waals surface area contributed by atoms with Crippen molar-refractivity contribution in [3.05, 3.63) is 105 Å². The lowest BCUT2D eigenvalue weighted by molar-refractivity contribution is 0.0971. The lowest BCUT2D eigenvalue weighted by atomic mass is 9.98. The molecule has 0 fully saturated rings. The van der Waals surface area contributed by atoms with E-state index in [0.717, 1.165) is 11.1 Å². The number of hydrogen-bond acceptors (Lipinski definition) is 5. The van der Waals surface area contributed by atoms with E-state index >= 15 is 0 Å². The number of aromatic nitrogens is 1. The van der Waals surface area contributed by atoms with E-state index in [1.54, 1.807) is 18.2 Å². The van der Waals surface area contributed by atoms with Crippen LogP contribution in [0, 0.1) is 12.7 Å². The van der Waals surface area contributed by atoms with Crippen molar-refractivity contribution >= 4 is 43.6 Å². The first-order valence-electron chi connectivity index (χ1n) is 10.0. The summed E-state index contributed by atoms with van der Waals surface area (Å²) in [5.74, 6) is -0.791. The van der Waals surface area contributed by atoms with Gasteiger partial charge in [0, 0.05) is 0 Å². The van der Waals surface area contributed by atoms with Crippen LogP contribution in [0.1, 0.15) is 33.3 Å². The van der Waals surface area contributed by atoms with E-state index in [9.17, 15) is 14.0 Å². The number of carbonyl (C=O) groups excluding carboxylic acids is 1. The van der Waals surface area contributed by atoms with Gasteiger partial charge in [-0.05, 0) is 42.8 Å². The summed E-state index contributed by atoms with van der Waals surface area (Å²) in [6.45, 7) is 1.90. The number of hydrogen-bond donors (Lipinski definition) is 0. The lowest BCUT2D eigenvalue weighted by Crippen LogP contribution is -2.29. The highest BCUT2D eigenvalue weighted by atomic mass is 32.1. The third-order valence-electron chi connectivity index (χ3n) is 5.69. The van der Waals surface area contributed by atoms with Crippen molar-refractivity contribution < 1.29 is 13.6 Å². The van der Waals surface area contributed by atoms with Crippen molar-refractivity contribution in [3.8, 4) is 0 Å². The number of rotatable bonds is 2. The van der Waals surface area contributed by atoms with Crippen LogP contribution in [0.25, 0.3) is 21.2 Å². The van der Waals surface area contributed by atoms with Crippen LogP contribution in [0.5, 0.6) is 0 Å². The maximum atomic E-state index is 13.7. The lowest BCUT2D eigenvalue weighted by Gasteiger charge is -2.22. The number of fused-ring (bicyclic) bond motifs is 3. The Kier molecular flexibility index (Phi) is 4.03. The van der Waals surface area contributed by atoms with Gasteiger partial charge in [-0.25, -0.2) is 9.37 Å². The number of anilines is 1. The summed E-state index contributed by atoms with van der Waals surface area (Å²) in [5.41, 5.74) is 2.71. The third-order valence-corrected chi connectivity index (χ3v) is 6.70. The van der Waals surface area contributed by atoms with Gasteiger partial charge in [0.1, 0.15) is 11.4 Å². The third kappa shape index (κ3) is 2.71. The molecule has 0 N–H and O–H groups in total. The van der Waals surface area contributed by atoms with Gasteiger partial charge in [0.15, 0.2) is 10.6 Å². The van der Waals surface area contributed by atoms with Crippen molar-refractivity contribution in [2.45, 2.75) is 13.0 Å². The normalized spacial score (nSPS) is 15.6. The molecule has 0 saturated carbocycles. The standard InChI is InChI=1S/C25H15FN2O3S/c1-13-7-10-18-16(11-13)22(29)20-21(14-5-3-2-4-6-14)28(24(30)23(20)31-18)25-27-17-9-8-15(26)12-19(17)32-25/h2-12,21H,1H3. The molecule has 3 aromatic carbocycles. The number of benzene rings is 3. The zero-order valence-corrected chi connectivity index (χ0v) is 17.7. The maximum Gasteiger partial charge on any atom is 0.297 e. The second-order valence-electron chi connectivity index (χ2n) is 7.77. The molecule has 156 valence electrons. The van der Waals surface area contributed by atoms with Crippen LogP contribution in [-0.4, -0.2) is 10.9 Å². The second-order valence-corrected chi connectivity index (χ2v) is 8.78. The molecule has 32 heavy (non-hydrogen) atoms. The average molecular weight is 442 g/mol. The first-order valence-corrected chi connectivity index (χ1v) is 10.8. The predicted molar refractivity (Wildman–Crippen MR) is 122 cm³/mol. The molecule has 0 spiro atoms. The molecule has 1 aliphatic heterocycles. The molecule has 0 bridgehead atoms. The SMILES string of the molecule is Cc1ccc2oc3c(c(=O)c2c1)C(c1ccccc1)N(c1nc2ccc(F)cc2s1)C3=O. The zero-order chi connectivity index (χ0) is 22.0. The van der Waals surface area contributed by atoms with Gasteiger partial charge in [-0.2, -0.15) is 0 Å². The molecular formula is C25H15FN2O3S. The van der Waals surface area contributed by atoms with Crippen LogP contribution < -0.4 is 10.3 Å². The number of carbonyl (C=O) groups is 1. The minimum atomic E-state index is -0.690. The molecule has 0 saturated heterocycles. The largest absolute Gasteiger partial charge is 0.450 e. The predicted octanol–water partition coefficient (Wildman–Crippen LogP) is 5.60. The summed E-state index contributed by atoms with van der Waals surface area (Å²) in [7, 11) is 0. The highest BCUT2D eigenvalue weighted by Crippen LogP contribution is 2.43. The number of nitrogens with zero attached hydrogens (tertiary/aromatic N) is 2. The van der Waals surface area contributed by atoms with Crippen LogP contribution in [0.4, 0.5) is 9.52 Å². The Morgan fingerprint density at radius 1 is 1.03 bits per heavy atom. The Balaban J connectivity index is 1.64. The van der Waals surface area contributed by atoms with Crippen molar-refractivity contribution in [3.63, 3.8) is 0 Å². The molecule has 7 heteroatoms. The molecule has 5 nitrogen and oxygen atoms in total. The van der Waals surface area contributed by atoms with E-state index in [-0.39, 0.29) is 17.0 Å². The maximum absolute atomic E-state index is 13.7. The molecule has 0 radical (unpaired) electrons. The molecule has 0 aliphatic carbocycles. The average Bonchev–Trinajstić information content (AvgIpc) is 3.33. The molecule has 1 aliphatic rings. The Morgan fingerprint density at radius 2 is 1.84 bits per heavy atom. The van der Waals surface area contributed by atoms with Crippen LogP contribution in [0.15, 0.2) is 75.9 Å². The van der Waals surface area contributed by atoms with Crippen LogP contribution in [0.2, 0.25) is 0 Å². The summed E-state index contributed by atoms with van der Waals surface area (Å²) < 4.78 is 20.3. The van der Waals surface area contributed by atoms with Gasteiger partial charge in [-0.1, -0.05) is 53.3 Å². The summed E-state index contributed by atoms with van der Waals surface area (Å²) in [5, 5.41) is 0.821. The molecule has 5 aromatic rings. The van der Waals surface area contributed by atoms with Gasteiger partial charge in [-0.15, -0.1) is 0 Å². The summed E-state index contributed by atoms with van der Waals surface area (Å²) in [6.07, 6.45) is 0. The van der Waals surface area contributed by atoms with Gasteiger partial charge in [0.2, 0.25) is 5.76 Å². The minimum Gasteiger partial charge on any atom is -0.450 e.